The molecule has 0 saturated carbocycles. The Morgan fingerprint density at radius 1 is 1.14 bits per heavy atom. The van der Waals surface area contributed by atoms with Gasteiger partial charge in [-0.15, -0.1) is 11.3 Å². The van der Waals surface area contributed by atoms with Gasteiger partial charge in [-0.1, -0.05) is 42.0 Å². The molecule has 0 spiro atoms. The van der Waals surface area contributed by atoms with Gasteiger partial charge in [0.1, 0.15) is 5.01 Å². The summed E-state index contributed by atoms with van der Waals surface area (Å²) in [5, 5.41) is 3.90. The molecule has 0 radical (unpaired) electrons. The van der Waals surface area contributed by atoms with Crippen LogP contribution < -0.4 is 5.32 Å². The van der Waals surface area contributed by atoms with Crippen molar-refractivity contribution in [3.63, 3.8) is 0 Å². The van der Waals surface area contributed by atoms with E-state index in [9.17, 15) is 4.79 Å². The largest absolute Gasteiger partial charge is 0.350 e. The number of carbonyl (C=O) groups is 1. The van der Waals surface area contributed by atoms with E-state index in [2.05, 4.69) is 47.6 Å². The zero-order chi connectivity index (χ0) is 15.4. The fourth-order valence-electron chi connectivity index (χ4n) is 2.27. The van der Waals surface area contributed by atoms with Gasteiger partial charge in [-0.25, -0.2) is 4.98 Å². The average Bonchev–Trinajstić information content (AvgIpc) is 2.95. The second-order valence-corrected chi connectivity index (χ2v) is 6.45. The van der Waals surface area contributed by atoms with Crippen molar-refractivity contribution in [2.75, 3.05) is 0 Å². The highest BCUT2D eigenvalue weighted by Gasteiger charge is 2.06. The number of nitrogens with one attached hydrogen (secondary N) is 1. The molecule has 0 unspecified atom stereocenters. The van der Waals surface area contributed by atoms with Crippen LogP contribution in [-0.4, -0.2) is 10.9 Å². The molecule has 112 valence electrons. The number of hydrogen-bond donors (Lipinski definition) is 1. The molecule has 4 heteroatoms. The van der Waals surface area contributed by atoms with Crippen LogP contribution in [0.15, 0.2) is 48.5 Å². The molecule has 0 fully saturated rings. The first-order chi connectivity index (χ1) is 10.7. The van der Waals surface area contributed by atoms with Crippen LogP contribution in [0.1, 0.15) is 22.6 Å². The minimum absolute atomic E-state index is 0.0693. The number of para-hydroxylation sites is 1. The Labute approximate surface area is 134 Å². The Kier molecular flexibility index (Phi) is 4.49. The second-order valence-electron chi connectivity index (χ2n) is 5.34. The van der Waals surface area contributed by atoms with E-state index in [1.165, 1.54) is 11.1 Å². The van der Waals surface area contributed by atoms with Crippen molar-refractivity contribution in [2.45, 2.75) is 26.3 Å². The van der Waals surface area contributed by atoms with Gasteiger partial charge in [0.2, 0.25) is 5.91 Å². The van der Waals surface area contributed by atoms with Crippen molar-refractivity contribution in [1.82, 2.24) is 10.3 Å². The minimum Gasteiger partial charge on any atom is -0.350 e. The van der Waals surface area contributed by atoms with Gasteiger partial charge in [0.25, 0.3) is 0 Å². The molecule has 0 aliphatic heterocycles. The van der Waals surface area contributed by atoms with Gasteiger partial charge in [0, 0.05) is 6.42 Å². The Morgan fingerprint density at radius 2 is 1.91 bits per heavy atom. The lowest BCUT2D eigenvalue weighted by molar-refractivity contribution is -0.121. The van der Waals surface area contributed by atoms with Crippen LogP contribution >= 0.6 is 11.3 Å². The molecule has 0 aliphatic rings. The maximum absolute atomic E-state index is 11.9. The van der Waals surface area contributed by atoms with Crippen LogP contribution in [0.5, 0.6) is 0 Å². The van der Waals surface area contributed by atoms with Crippen molar-refractivity contribution in [1.29, 1.82) is 0 Å². The quantitative estimate of drug-likeness (QED) is 0.777. The van der Waals surface area contributed by atoms with Gasteiger partial charge in [-0.3, -0.25) is 4.79 Å². The summed E-state index contributed by atoms with van der Waals surface area (Å²) in [6.07, 6.45) is 1.28. The van der Waals surface area contributed by atoms with Crippen molar-refractivity contribution in [3.8, 4) is 0 Å². The van der Waals surface area contributed by atoms with Crippen LogP contribution in [-0.2, 0) is 17.8 Å². The van der Waals surface area contributed by atoms with E-state index in [1.54, 1.807) is 11.3 Å². The number of amides is 1. The third-order valence-electron chi connectivity index (χ3n) is 3.54. The first-order valence-electron chi connectivity index (χ1n) is 7.37. The fraction of sp³-hybridized carbons (Fsp3) is 0.222. The van der Waals surface area contributed by atoms with Crippen LogP contribution in [0.3, 0.4) is 0 Å². The predicted octanol–water partition coefficient (Wildman–Crippen LogP) is 3.85. The van der Waals surface area contributed by atoms with Gasteiger partial charge >= 0.3 is 0 Å². The zero-order valence-corrected chi connectivity index (χ0v) is 13.3. The lowest BCUT2D eigenvalue weighted by Crippen LogP contribution is -2.22. The number of aromatic nitrogens is 1. The van der Waals surface area contributed by atoms with Crippen LogP contribution in [0, 0.1) is 6.92 Å². The molecule has 1 aromatic heterocycles. The maximum atomic E-state index is 11.9. The molecule has 0 aliphatic carbocycles. The van der Waals surface area contributed by atoms with E-state index in [0.717, 1.165) is 21.6 Å². The SMILES string of the molecule is Cc1ccc(CCC(=O)NCc2nc3ccccc3s2)cc1. The van der Waals surface area contributed by atoms with E-state index in [0.29, 0.717) is 13.0 Å². The molecule has 3 aromatic rings. The molecular weight excluding hydrogens is 292 g/mol. The highest BCUT2D eigenvalue weighted by Crippen LogP contribution is 2.21. The van der Waals surface area contributed by atoms with Crippen LogP contribution in [0.25, 0.3) is 10.2 Å². The molecule has 0 bridgehead atoms. The summed E-state index contributed by atoms with van der Waals surface area (Å²) in [4.78, 5) is 16.5. The van der Waals surface area contributed by atoms with Gasteiger partial charge in [0.05, 0.1) is 16.8 Å². The highest BCUT2D eigenvalue weighted by molar-refractivity contribution is 7.18. The Bertz CT molecular complexity index is 744. The summed E-state index contributed by atoms with van der Waals surface area (Å²) in [6, 6.07) is 16.3. The van der Waals surface area contributed by atoms with Crippen molar-refractivity contribution >= 4 is 27.5 Å². The second kappa shape index (κ2) is 6.71. The van der Waals surface area contributed by atoms with Crippen molar-refractivity contribution < 1.29 is 4.79 Å². The Morgan fingerprint density at radius 3 is 2.68 bits per heavy atom. The topological polar surface area (TPSA) is 42.0 Å². The standard InChI is InChI=1S/C18H18N2OS/c1-13-6-8-14(9-7-13)10-11-17(21)19-12-18-20-15-4-2-3-5-16(15)22-18/h2-9H,10-12H2,1H3,(H,19,21). The number of hydrogen-bond acceptors (Lipinski definition) is 3. The predicted molar refractivity (Wildman–Crippen MR) is 91.0 cm³/mol. The smallest absolute Gasteiger partial charge is 0.220 e. The maximum Gasteiger partial charge on any atom is 0.220 e. The van der Waals surface area contributed by atoms with Gasteiger partial charge < -0.3 is 5.32 Å². The molecular formula is C18H18N2OS. The summed E-state index contributed by atoms with van der Waals surface area (Å²) >= 11 is 1.63. The monoisotopic (exact) mass is 310 g/mol. The third kappa shape index (κ3) is 3.71. The summed E-state index contributed by atoms with van der Waals surface area (Å²) in [5.74, 6) is 0.0693. The highest BCUT2D eigenvalue weighted by atomic mass is 32.1. The number of fused-ring (bicyclic) bond motifs is 1. The Balaban J connectivity index is 1.50. The van der Waals surface area contributed by atoms with Crippen LogP contribution in [0.4, 0.5) is 0 Å². The number of nitrogens with zero attached hydrogens (tertiary/aromatic N) is 1. The third-order valence-corrected chi connectivity index (χ3v) is 4.57. The summed E-state index contributed by atoms with van der Waals surface area (Å²) in [7, 11) is 0. The molecule has 1 amide bonds. The van der Waals surface area contributed by atoms with E-state index >= 15 is 0 Å². The van der Waals surface area contributed by atoms with E-state index < -0.39 is 0 Å². The summed E-state index contributed by atoms with van der Waals surface area (Å²) in [5.41, 5.74) is 3.43. The molecule has 2 aromatic carbocycles. The lowest BCUT2D eigenvalue weighted by atomic mass is 10.1. The van der Waals surface area contributed by atoms with Crippen LogP contribution in [0.2, 0.25) is 0 Å². The average molecular weight is 310 g/mol. The van der Waals surface area contributed by atoms with E-state index in [1.807, 2.05) is 18.2 Å². The Hall–Kier alpha value is -2.20. The normalized spacial score (nSPS) is 10.8. The van der Waals surface area contributed by atoms with E-state index in [4.69, 9.17) is 0 Å². The number of rotatable bonds is 5. The van der Waals surface area contributed by atoms with Crippen molar-refractivity contribution in [2.24, 2.45) is 0 Å². The van der Waals surface area contributed by atoms with Gasteiger partial charge in [0.15, 0.2) is 0 Å². The van der Waals surface area contributed by atoms with E-state index in [-0.39, 0.29) is 5.91 Å². The molecule has 1 N–H and O–H groups in total. The molecule has 3 nitrogen and oxygen atoms in total. The lowest BCUT2D eigenvalue weighted by Gasteiger charge is -2.04. The fourth-order valence-corrected chi connectivity index (χ4v) is 3.18. The number of benzene rings is 2. The molecule has 3 rings (SSSR count). The number of aryl methyl sites for hydroxylation is 2. The molecule has 1 heterocycles. The summed E-state index contributed by atoms with van der Waals surface area (Å²) < 4.78 is 1.16. The summed E-state index contributed by atoms with van der Waals surface area (Å²) in [6.45, 7) is 2.57. The zero-order valence-electron chi connectivity index (χ0n) is 12.5. The van der Waals surface area contributed by atoms with Crippen molar-refractivity contribution in [3.05, 3.63) is 64.7 Å². The minimum atomic E-state index is 0.0693. The van der Waals surface area contributed by atoms with Gasteiger partial charge in [-0.05, 0) is 31.0 Å². The number of carbonyl (C=O) groups excluding carboxylic acids is 1. The molecule has 0 atom stereocenters. The molecule has 0 saturated heterocycles. The first kappa shape index (κ1) is 14.7. The first-order valence-corrected chi connectivity index (χ1v) is 8.19. The molecule has 22 heavy (non-hydrogen) atoms. The number of thiazole rings is 1. The van der Waals surface area contributed by atoms with Gasteiger partial charge in [-0.2, -0.15) is 0 Å².